The fourth-order valence-corrected chi connectivity index (χ4v) is 10.6. The van der Waals surface area contributed by atoms with Crippen LogP contribution in [-0.2, 0) is 33.2 Å². The average molecular weight is 1130 g/mol. The van der Waals surface area contributed by atoms with Gasteiger partial charge in [0.2, 0.25) is 5.91 Å². The first-order valence-electron chi connectivity index (χ1n) is 31.1. The Kier molecular flexibility index (Phi) is 39.7. The van der Waals surface area contributed by atoms with Gasteiger partial charge in [-0.1, -0.05) is 192 Å². The van der Waals surface area contributed by atoms with Crippen LogP contribution in [0.3, 0.4) is 0 Å². The molecule has 3 heterocycles. The quantitative estimate of drug-likeness (QED) is 0.0248. The Hall–Kier alpha value is -1.73. The van der Waals surface area contributed by atoms with Gasteiger partial charge in [0.15, 0.2) is 18.9 Å². The smallest absolute Gasteiger partial charge is 0.220 e. The molecule has 0 saturated carbocycles. The number of nitrogens with one attached hydrogen (secondary N) is 1. The standard InChI is InChI=1S/C60H111NO18/c1-3-5-7-9-11-13-15-17-18-19-20-21-22-23-24-26-28-30-32-34-36-38-48(66)61-43(44(65)37-35-33-31-29-27-25-16-14-12-10-8-6-4-2)42-74-58-54(72)51(69)56(46(40-63)76-58)79-60-55(73)52(70)57(47(41-64)77-60)78-59-53(71)50(68)49(67)45(39-62)75-59/h15,17,19-20,43-47,49-60,62-65,67-73H,3-14,16,18,21-42H2,1-2H3,(H,61,66)/b17-15-,20-19-. The van der Waals surface area contributed by atoms with Crippen LogP contribution in [-0.4, -0.2) is 193 Å². The van der Waals surface area contributed by atoms with Crippen LogP contribution >= 0.6 is 0 Å². The number of rotatable bonds is 46. The molecule has 0 spiro atoms. The highest BCUT2D eigenvalue weighted by Crippen LogP contribution is 2.33. The molecule has 19 heteroatoms. The van der Waals surface area contributed by atoms with Gasteiger partial charge in [0.1, 0.15) is 73.2 Å². The minimum atomic E-state index is -1.97. The van der Waals surface area contributed by atoms with Crippen LogP contribution in [0.2, 0.25) is 0 Å². The molecule has 17 unspecified atom stereocenters. The molecule has 79 heavy (non-hydrogen) atoms. The summed E-state index contributed by atoms with van der Waals surface area (Å²) in [5.74, 6) is -0.247. The summed E-state index contributed by atoms with van der Waals surface area (Å²) in [7, 11) is 0. The van der Waals surface area contributed by atoms with Crippen molar-refractivity contribution in [3.05, 3.63) is 24.3 Å². The van der Waals surface area contributed by atoms with Crippen molar-refractivity contribution < 1.29 is 89.4 Å². The summed E-state index contributed by atoms with van der Waals surface area (Å²) >= 11 is 0. The molecule has 3 saturated heterocycles. The zero-order chi connectivity index (χ0) is 57.6. The Morgan fingerprint density at radius 1 is 0.456 bits per heavy atom. The van der Waals surface area contributed by atoms with Gasteiger partial charge in [-0.05, 0) is 44.9 Å². The molecule has 0 bridgehead atoms. The number of aliphatic hydroxyl groups is 11. The molecule has 19 nitrogen and oxygen atoms in total. The van der Waals surface area contributed by atoms with Gasteiger partial charge in [0.25, 0.3) is 0 Å². The fourth-order valence-electron chi connectivity index (χ4n) is 10.6. The number of carbonyl (C=O) groups excluding carboxylic acids is 1. The number of hydrogen-bond acceptors (Lipinski definition) is 18. The molecule has 3 rings (SSSR count). The molecule has 0 aromatic heterocycles. The first-order valence-corrected chi connectivity index (χ1v) is 31.1. The lowest BCUT2D eigenvalue weighted by Crippen LogP contribution is -2.66. The third-order valence-electron chi connectivity index (χ3n) is 15.8. The third-order valence-corrected chi connectivity index (χ3v) is 15.8. The largest absolute Gasteiger partial charge is 0.394 e. The van der Waals surface area contributed by atoms with E-state index >= 15 is 0 Å². The van der Waals surface area contributed by atoms with Gasteiger partial charge in [0.05, 0.1) is 38.6 Å². The lowest BCUT2D eigenvalue weighted by atomic mass is 9.96. The van der Waals surface area contributed by atoms with Gasteiger partial charge in [-0.25, -0.2) is 0 Å². The molecule has 0 radical (unpaired) electrons. The lowest BCUT2D eigenvalue weighted by molar-refractivity contribution is -0.379. The van der Waals surface area contributed by atoms with Crippen LogP contribution in [0.25, 0.3) is 0 Å². The first-order chi connectivity index (χ1) is 38.3. The number of unbranched alkanes of at least 4 members (excludes halogenated alkanes) is 26. The monoisotopic (exact) mass is 1130 g/mol. The van der Waals surface area contributed by atoms with E-state index in [-0.39, 0.29) is 18.9 Å². The first kappa shape index (κ1) is 71.5. The highest BCUT2D eigenvalue weighted by molar-refractivity contribution is 5.76. The summed E-state index contributed by atoms with van der Waals surface area (Å²) < 4.78 is 34.3. The predicted molar refractivity (Wildman–Crippen MR) is 300 cm³/mol. The van der Waals surface area contributed by atoms with E-state index < -0.39 is 124 Å². The Balaban J connectivity index is 1.47. The van der Waals surface area contributed by atoms with Gasteiger partial charge in [-0.3, -0.25) is 4.79 Å². The molecule has 12 N–H and O–H groups in total. The van der Waals surface area contributed by atoms with Crippen LogP contribution in [0.15, 0.2) is 24.3 Å². The number of ether oxygens (including phenoxy) is 6. The topological polar surface area (TPSA) is 307 Å². The van der Waals surface area contributed by atoms with E-state index in [2.05, 4.69) is 43.5 Å². The summed E-state index contributed by atoms with van der Waals surface area (Å²) in [6.45, 7) is 1.77. The Morgan fingerprint density at radius 2 is 0.835 bits per heavy atom. The maximum absolute atomic E-state index is 13.3. The van der Waals surface area contributed by atoms with Crippen molar-refractivity contribution in [2.75, 3.05) is 26.4 Å². The Morgan fingerprint density at radius 3 is 1.29 bits per heavy atom. The van der Waals surface area contributed by atoms with E-state index in [1.54, 1.807) is 0 Å². The van der Waals surface area contributed by atoms with Crippen molar-refractivity contribution in [3.8, 4) is 0 Å². The van der Waals surface area contributed by atoms with Crippen LogP contribution < -0.4 is 5.32 Å². The fraction of sp³-hybridized carbons (Fsp3) is 0.917. The zero-order valence-electron chi connectivity index (χ0n) is 48.4. The average Bonchev–Trinajstić information content (AvgIpc) is 3.45. The van der Waals surface area contributed by atoms with E-state index in [0.29, 0.717) is 12.8 Å². The minimum absolute atomic E-state index is 0.247. The van der Waals surface area contributed by atoms with Gasteiger partial charge >= 0.3 is 0 Å². The normalized spacial score (nSPS) is 30.4. The number of carbonyl (C=O) groups is 1. The number of hydrogen-bond donors (Lipinski definition) is 12. The van der Waals surface area contributed by atoms with Crippen molar-refractivity contribution >= 4 is 5.91 Å². The van der Waals surface area contributed by atoms with Crippen LogP contribution in [0, 0.1) is 0 Å². The summed E-state index contributed by atoms with van der Waals surface area (Å²) in [6.07, 6.45) is 18.3. The van der Waals surface area contributed by atoms with E-state index in [9.17, 15) is 61.0 Å². The van der Waals surface area contributed by atoms with Gasteiger partial charge in [0, 0.05) is 6.42 Å². The minimum Gasteiger partial charge on any atom is -0.394 e. The predicted octanol–water partition coefficient (Wildman–Crippen LogP) is 5.93. The number of allylic oxidation sites excluding steroid dienone is 4. The van der Waals surface area contributed by atoms with Crippen molar-refractivity contribution in [2.45, 2.75) is 324 Å². The second kappa shape index (κ2) is 43.8. The van der Waals surface area contributed by atoms with E-state index in [1.165, 1.54) is 128 Å². The Labute approximate surface area is 473 Å². The summed E-state index contributed by atoms with van der Waals surface area (Å²) in [5.41, 5.74) is 0. The van der Waals surface area contributed by atoms with Gasteiger partial charge in [-0.15, -0.1) is 0 Å². The molecule has 0 aliphatic carbocycles. The molecule has 3 aliphatic rings. The van der Waals surface area contributed by atoms with Crippen LogP contribution in [0.5, 0.6) is 0 Å². The maximum atomic E-state index is 13.3. The van der Waals surface area contributed by atoms with E-state index in [1.807, 2.05) is 0 Å². The molecule has 3 fully saturated rings. The molecule has 3 aliphatic heterocycles. The highest BCUT2D eigenvalue weighted by atomic mass is 16.8. The molecular weight excluding hydrogens is 1020 g/mol. The molecular formula is C60H111NO18. The number of aliphatic hydroxyl groups excluding tert-OH is 11. The molecule has 464 valence electrons. The molecule has 17 atom stereocenters. The summed E-state index contributed by atoms with van der Waals surface area (Å²) in [4.78, 5) is 13.3. The maximum Gasteiger partial charge on any atom is 0.220 e. The van der Waals surface area contributed by atoms with Gasteiger partial charge in [-0.2, -0.15) is 0 Å². The van der Waals surface area contributed by atoms with E-state index in [4.69, 9.17) is 28.4 Å². The second-order valence-corrected chi connectivity index (χ2v) is 22.5. The summed E-state index contributed by atoms with van der Waals surface area (Å²) in [5, 5.41) is 120. The molecule has 0 aromatic carbocycles. The van der Waals surface area contributed by atoms with Crippen molar-refractivity contribution in [3.63, 3.8) is 0 Å². The van der Waals surface area contributed by atoms with Crippen LogP contribution in [0.4, 0.5) is 0 Å². The van der Waals surface area contributed by atoms with E-state index in [0.717, 1.165) is 57.8 Å². The third kappa shape index (κ3) is 27.7. The van der Waals surface area contributed by atoms with Crippen LogP contribution in [0.1, 0.15) is 219 Å². The lowest BCUT2D eigenvalue weighted by Gasteiger charge is -2.48. The second-order valence-electron chi connectivity index (χ2n) is 22.5. The SMILES string of the molecule is CCCCCCC/C=C\C/C=C\CCCCCCCCCCCC(=O)NC(COC1OC(CO)C(OC2OC(CO)C(OC3OC(CO)C(O)C(O)C3O)C(O)C2O)C(O)C1O)C(O)CCCCCCCCCCCCCCC. The zero-order valence-corrected chi connectivity index (χ0v) is 48.4. The highest BCUT2D eigenvalue weighted by Gasteiger charge is 2.53. The van der Waals surface area contributed by atoms with Gasteiger partial charge < -0.3 is 89.9 Å². The molecule has 1 amide bonds. The summed E-state index contributed by atoms with van der Waals surface area (Å²) in [6, 6.07) is -0.887. The van der Waals surface area contributed by atoms with Crippen molar-refractivity contribution in [2.24, 2.45) is 0 Å². The van der Waals surface area contributed by atoms with Crippen molar-refractivity contribution in [1.29, 1.82) is 0 Å². The number of amides is 1. The Bertz CT molecular complexity index is 1540. The van der Waals surface area contributed by atoms with Crippen molar-refractivity contribution in [1.82, 2.24) is 5.32 Å². The molecule has 0 aromatic rings.